The number of carboxylic acid groups (broad SMARTS) is 1. The summed E-state index contributed by atoms with van der Waals surface area (Å²) in [7, 11) is 0. The van der Waals surface area contributed by atoms with Crippen molar-refractivity contribution in [2.45, 2.75) is 39.2 Å². The van der Waals surface area contributed by atoms with E-state index in [-0.39, 0.29) is 12.3 Å². The van der Waals surface area contributed by atoms with Gasteiger partial charge in [0.1, 0.15) is 12.7 Å². The molecule has 0 saturated heterocycles. The van der Waals surface area contributed by atoms with Gasteiger partial charge in [-0.15, -0.1) is 0 Å². The Bertz CT molecular complexity index is 708. The maximum absolute atomic E-state index is 12.4. The third kappa shape index (κ3) is 4.38. The number of hydrogen-bond donors (Lipinski definition) is 2. The maximum Gasteiger partial charge on any atom is 0.303 e. The van der Waals surface area contributed by atoms with Crippen LogP contribution in [0.4, 0.5) is 0 Å². The Morgan fingerprint density at radius 3 is 2.65 bits per heavy atom. The Labute approximate surface area is 134 Å². The lowest BCUT2D eigenvalue weighted by molar-refractivity contribution is -0.137. The molecule has 2 rings (SSSR count). The average Bonchev–Trinajstić information content (AvgIpc) is 2.98. The highest BCUT2D eigenvalue weighted by atomic mass is 16.4. The normalized spacial score (nSPS) is 11.3. The molecule has 0 saturated carbocycles. The predicted molar refractivity (Wildman–Crippen MR) is 84.5 cm³/mol. The summed E-state index contributed by atoms with van der Waals surface area (Å²) in [4.78, 5) is 27.0. The van der Waals surface area contributed by atoms with Crippen LogP contribution < -0.4 is 5.32 Å². The van der Waals surface area contributed by atoms with Gasteiger partial charge in [0.25, 0.3) is 5.91 Å². The summed E-state index contributed by atoms with van der Waals surface area (Å²) in [5.74, 6) is -1.09. The van der Waals surface area contributed by atoms with E-state index in [9.17, 15) is 9.59 Å². The summed E-state index contributed by atoms with van der Waals surface area (Å²) in [6.45, 7) is 5.47. The minimum absolute atomic E-state index is 0.0114. The highest BCUT2D eigenvalue weighted by Gasteiger charge is 2.23. The number of carbonyl (C=O) groups excluding carboxylic acids is 1. The van der Waals surface area contributed by atoms with Crippen molar-refractivity contribution in [1.29, 1.82) is 0 Å². The van der Waals surface area contributed by atoms with Gasteiger partial charge in [-0.25, -0.2) is 9.67 Å². The summed E-state index contributed by atoms with van der Waals surface area (Å²) in [5.41, 5.74) is 1.59. The number of nitrogens with one attached hydrogen (secondary N) is 1. The molecule has 0 aliphatic heterocycles. The molecule has 1 heterocycles. The van der Waals surface area contributed by atoms with Crippen LogP contribution in [0.3, 0.4) is 0 Å². The van der Waals surface area contributed by atoms with Crippen LogP contribution >= 0.6 is 0 Å². The molecule has 7 nitrogen and oxygen atoms in total. The minimum atomic E-state index is -0.874. The fourth-order valence-electron chi connectivity index (χ4n) is 2.24. The van der Waals surface area contributed by atoms with Crippen LogP contribution in [0.5, 0.6) is 0 Å². The lowest BCUT2D eigenvalue weighted by atomic mass is 9.97. The molecule has 2 aromatic rings. The number of benzene rings is 1. The fourth-order valence-corrected chi connectivity index (χ4v) is 2.24. The molecule has 0 fully saturated rings. The first-order valence-corrected chi connectivity index (χ1v) is 7.28. The Hall–Kier alpha value is -2.70. The maximum atomic E-state index is 12.4. The van der Waals surface area contributed by atoms with E-state index in [2.05, 4.69) is 15.4 Å². The molecular weight excluding hydrogens is 296 g/mol. The second kappa shape index (κ2) is 6.60. The van der Waals surface area contributed by atoms with Crippen molar-refractivity contribution < 1.29 is 14.7 Å². The smallest absolute Gasteiger partial charge is 0.303 e. The summed E-state index contributed by atoms with van der Waals surface area (Å²) >= 11 is 0. The van der Waals surface area contributed by atoms with Crippen molar-refractivity contribution in [3.05, 3.63) is 42.0 Å². The van der Waals surface area contributed by atoms with Crippen molar-refractivity contribution in [2.24, 2.45) is 0 Å². The van der Waals surface area contributed by atoms with Crippen LogP contribution in [0, 0.1) is 6.92 Å². The molecule has 0 aliphatic rings. The Morgan fingerprint density at radius 2 is 2.09 bits per heavy atom. The van der Waals surface area contributed by atoms with Gasteiger partial charge in [-0.05, 0) is 51.0 Å². The van der Waals surface area contributed by atoms with Crippen LogP contribution in [0.2, 0.25) is 0 Å². The SMILES string of the molecule is Cc1cc(-n2cncn2)ccc1C(=O)NC(C)(C)CCC(=O)O. The molecule has 0 unspecified atom stereocenters. The number of nitrogens with zero attached hydrogens (tertiary/aromatic N) is 3. The first-order valence-electron chi connectivity index (χ1n) is 7.28. The molecule has 0 aliphatic carbocycles. The number of aryl methyl sites for hydroxylation is 1. The molecule has 1 aromatic carbocycles. The van der Waals surface area contributed by atoms with E-state index in [0.717, 1.165) is 11.3 Å². The van der Waals surface area contributed by atoms with Crippen molar-refractivity contribution in [3.63, 3.8) is 0 Å². The van der Waals surface area contributed by atoms with E-state index in [1.807, 2.05) is 26.8 Å². The van der Waals surface area contributed by atoms with Crippen LogP contribution in [0.15, 0.2) is 30.9 Å². The third-order valence-corrected chi connectivity index (χ3v) is 3.55. The Morgan fingerprint density at radius 1 is 1.35 bits per heavy atom. The Balaban J connectivity index is 2.12. The Kier molecular flexibility index (Phi) is 4.78. The van der Waals surface area contributed by atoms with E-state index in [1.165, 1.54) is 6.33 Å². The van der Waals surface area contributed by atoms with Crippen LogP contribution in [0.25, 0.3) is 5.69 Å². The predicted octanol–water partition coefficient (Wildman–Crippen LogP) is 1.95. The molecule has 0 spiro atoms. The molecule has 23 heavy (non-hydrogen) atoms. The van der Waals surface area contributed by atoms with Gasteiger partial charge < -0.3 is 10.4 Å². The summed E-state index contributed by atoms with van der Waals surface area (Å²) in [6.07, 6.45) is 3.41. The zero-order valence-corrected chi connectivity index (χ0v) is 13.4. The molecule has 1 aromatic heterocycles. The number of hydrogen-bond acceptors (Lipinski definition) is 4. The molecule has 2 N–H and O–H groups in total. The topological polar surface area (TPSA) is 97.1 Å². The van der Waals surface area contributed by atoms with Crippen molar-refractivity contribution in [1.82, 2.24) is 20.1 Å². The van der Waals surface area contributed by atoms with Gasteiger partial charge in [-0.3, -0.25) is 9.59 Å². The highest BCUT2D eigenvalue weighted by molar-refractivity contribution is 5.96. The van der Waals surface area contributed by atoms with Gasteiger partial charge >= 0.3 is 5.97 Å². The van der Waals surface area contributed by atoms with Gasteiger partial charge in [0.2, 0.25) is 0 Å². The number of carbonyl (C=O) groups is 2. The number of carboxylic acids is 1. The first kappa shape index (κ1) is 16.7. The number of aliphatic carboxylic acids is 1. The lowest BCUT2D eigenvalue weighted by Crippen LogP contribution is -2.43. The largest absolute Gasteiger partial charge is 0.481 e. The highest BCUT2D eigenvalue weighted by Crippen LogP contribution is 2.17. The average molecular weight is 316 g/mol. The molecule has 0 bridgehead atoms. The molecule has 1 amide bonds. The van der Waals surface area contributed by atoms with Crippen molar-refractivity contribution in [2.75, 3.05) is 0 Å². The second-order valence-corrected chi connectivity index (χ2v) is 6.07. The molecule has 0 radical (unpaired) electrons. The number of rotatable bonds is 6. The standard InChI is InChI=1S/C16H20N4O3/c1-11-8-12(20-10-17-9-18-20)4-5-13(11)15(23)19-16(2,3)7-6-14(21)22/h4-5,8-10H,6-7H2,1-3H3,(H,19,23)(H,21,22). The van der Waals surface area contributed by atoms with E-state index in [4.69, 9.17) is 5.11 Å². The molecule has 7 heteroatoms. The van der Waals surface area contributed by atoms with E-state index in [1.54, 1.807) is 23.1 Å². The lowest BCUT2D eigenvalue weighted by Gasteiger charge is -2.26. The van der Waals surface area contributed by atoms with Gasteiger partial charge in [-0.2, -0.15) is 5.10 Å². The summed E-state index contributed by atoms with van der Waals surface area (Å²) < 4.78 is 1.62. The second-order valence-electron chi connectivity index (χ2n) is 6.07. The summed E-state index contributed by atoms with van der Waals surface area (Å²) in [6, 6.07) is 5.38. The fraction of sp³-hybridized carbons (Fsp3) is 0.375. The van der Waals surface area contributed by atoms with Crippen molar-refractivity contribution in [3.8, 4) is 5.69 Å². The van der Waals surface area contributed by atoms with Crippen LogP contribution in [-0.2, 0) is 4.79 Å². The zero-order chi connectivity index (χ0) is 17.0. The van der Waals surface area contributed by atoms with Crippen LogP contribution in [0.1, 0.15) is 42.6 Å². The van der Waals surface area contributed by atoms with Crippen molar-refractivity contribution >= 4 is 11.9 Å². The monoisotopic (exact) mass is 316 g/mol. The summed E-state index contributed by atoms with van der Waals surface area (Å²) in [5, 5.41) is 15.7. The molecule has 122 valence electrons. The van der Waals surface area contributed by atoms with Gasteiger partial charge in [0.15, 0.2) is 0 Å². The van der Waals surface area contributed by atoms with E-state index >= 15 is 0 Å². The zero-order valence-electron chi connectivity index (χ0n) is 13.4. The number of amides is 1. The van der Waals surface area contributed by atoms with E-state index < -0.39 is 11.5 Å². The van der Waals surface area contributed by atoms with Gasteiger partial charge in [-0.1, -0.05) is 0 Å². The minimum Gasteiger partial charge on any atom is -0.481 e. The van der Waals surface area contributed by atoms with Crippen LogP contribution in [-0.4, -0.2) is 37.3 Å². The van der Waals surface area contributed by atoms with Gasteiger partial charge in [0.05, 0.1) is 5.69 Å². The quantitative estimate of drug-likeness (QED) is 0.849. The molecule has 0 atom stereocenters. The molecular formula is C16H20N4O3. The third-order valence-electron chi connectivity index (χ3n) is 3.55. The first-order chi connectivity index (χ1) is 10.8. The van der Waals surface area contributed by atoms with E-state index in [0.29, 0.717) is 12.0 Å². The number of aromatic nitrogens is 3. The van der Waals surface area contributed by atoms with Gasteiger partial charge in [0, 0.05) is 17.5 Å².